The van der Waals surface area contributed by atoms with Crippen LogP contribution < -0.4 is 0 Å². The fourth-order valence-electron chi connectivity index (χ4n) is 3.73. The van der Waals surface area contributed by atoms with Gasteiger partial charge in [0.15, 0.2) is 0 Å². The Bertz CT molecular complexity index is 1190. The standard InChI is InChI=1S/C30H32N2S/c1-29(2,3)25-17-9-21(10-18-25)7-13-23-15-16-24(28-27(23)31-33-32-28)14-8-22-11-19-26(20-12-22)30(4,5)6/h7-20H,1-6H3. The van der Waals surface area contributed by atoms with Crippen molar-refractivity contribution in [3.05, 3.63) is 94.0 Å². The van der Waals surface area contributed by atoms with Crippen molar-refractivity contribution in [1.82, 2.24) is 8.75 Å². The molecule has 1 aromatic heterocycles. The summed E-state index contributed by atoms with van der Waals surface area (Å²) in [5, 5.41) is 0. The summed E-state index contributed by atoms with van der Waals surface area (Å²) < 4.78 is 9.15. The molecule has 0 amide bonds. The molecule has 4 aromatic rings. The van der Waals surface area contributed by atoms with E-state index >= 15 is 0 Å². The second-order valence-corrected chi connectivity index (χ2v) is 11.1. The van der Waals surface area contributed by atoms with Gasteiger partial charge in [0, 0.05) is 11.1 Å². The zero-order valence-corrected chi connectivity index (χ0v) is 21.2. The number of fused-ring (bicyclic) bond motifs is 1. The minimum absolute atomic E-state index is 0.165. The van der Waals surface area contributed by atoms with E-state index in [0.717, 1.165) is 22.2 Å². The second kappa shape index (κ2) is 9.07. The predicted octanol–water partition coefficient (Wildman–Crippen LogP) is 8.63. The summed E-state index contributed by atoms with van der Waals surface area (Å²) in [7, 11) is 0. The van der Waals surface area contributed by atoms with Crippen LogP contribution >= 0.6 is 11.7 Å². The minimum Gasteiger partial charge on any atom is -0.172 e. The van der Waals surface area contributed by atoms with Crippen LogP contribution in [0.25, 0.3) is 35.3 Å². The molecule has 0 radical (unpaired) electrons. The largest absolute Gasteiger partial charge is 0.172 e. The Labute approximate surface area is 202 Å². The molecule has 0 aliphatic rings. The Morgan fingerprint density at radius 2 is 0.879 bits per heavy atom. The van der Waals surface area contributed by atoms with Gasteiger partial charge in [-0.2, -0.15) is 8.75 Å². The average molecular weight is 453 g/mol. The lowest BCUT2D eigenvalue weighted by Gasteiger charge is -2.18. The molecule has 33 heavy (non-hydrogen) atoms. The topological polar surface area (TPSA) is 25.8 Å². The van der Waals surface area contributed by atoms with Crippen LogP contribution in [0.3, 0.4) is 0 Å². The van der Waals surface area contributed by atoms with E-state index in [0.29, 0.717) is 0 Å². The maximum atomic E-state index is 4.58. The highest BCUT2D eigenvalue weighted by atomic mass is 32.1. The van der Waals surface area contributed by atoms with E-state index in [2.05, 4.69) is 135 Å². The highest BCUT2D eigenvalue weighted by Crippen LogP contribution is 2.27. The average Bonchev–Trinajstić information content (AvgIpc) is 3.26. The van der Waals surface area contributed by atoms with Crippen LogP contribution in [0.5, 0.6) is 0 Å². The molecule has 2 nitrogen and oxygen atoms in total. The Balaban J connectivity index is 1.56. The zero-order valence-electron chi connectivity index (χ0n) is 20.4. The summed E-state index contributed by atoms with van der Waals surface area (Å²) in [5.74, 6) is 0. The quantitative estimate of drug-likeness (QED) is 0.290. The molecule has 0 saturated heterocycles. The molecule has 168 valence electrons. The Kier molecular flexibility index (Phi) is 6.36. The Morgan fingerprint density at radius 1 is 0.515 bits per heavy atom. The highest BCUT2D eigenvalue weighted by molar-refractivity contribution is 7.00. The Hall–Kier alpha value is -3.04. The van der Waals surface area contributed by atoms with Gasteiger partial charge in [0.1, 0.15) is 11.0 Å². The van der Waals surface area contributed by atoms with Gasteiger partial charge in [0.25, 0.3) is 0 Å². The molecule has 0 N–H and O–H groups in total. The predicted molar refractivity (Wildman–Crippen MR) is 146 cm³/mol. The van der Waals surface area contributed by atoms with Gasteiger partial charge in [-0.15, -0.1) is 0 Å². The zero-order chi connectivity index (χ0) is 23.6. The summed E-state index contributed by atoms with van der Waals surface area (Å²) in [5.41, 5.74) is 9.46. The highest BCUT2D eigenvalue weighted by Gasteiger charge is 2.13. The van der Waals surface area contributed by atoms with Crippen molar-refractivity contribution in [2.45, 2.75) is 52.4 Å². The fourth-order valence-corrected chi connectivity index (χ4v) is 4.32. The summed E-state index contributed by atoms with van der Waals surface area (Å²) in [6, 6.07) is 21.8. The lowest BCUT2D eigenvalue weighted by atomic mass is 9.86. The lowest BCUT2D eigenvalue weighted by Crippen LogP contribution is -2.10. The summed E-state index contributed by atoms with van der Waals surface area (Å²) in [4.78, 5) is 0. The van der Waals surface area contributed by atoms with Crippen LogP contribution in [-0.4, -0.2) is 8.75 Å². The number of hydrogen-bond acceptors (Lipinski definition) is 3. The first kappa shape index (κ1) is 23.1. The number of aromatic nitrogens is 2. The van der Waals surface area contributed by atoms with Gasteiger partial charge < -0.3 is 0 Å². The van der Waals surface area contributed by atoms with E-state index < -0.39 is 0 Å². The van der Waals surface area contributed by atoms with Crippen molar-refractivity contribution < 1.29 is 0 Å². The summed E-state index contributed by atoms with van der Waals surface area (Å²) >= 11 is 1.27. The van der Waals surface area contributed by atoms with Crippen LogP contribution in [0.1, 0.15) is 74.9 Å². The van der Waals surface area contributed by atoms with Gasteiger partial charge in [-0.1, -0.05) is 127 Å². The first-order valence-electron chi connectivity index (χ1n) is 11.4. The molecule has 3 heteroatoms. The molecule has 0 spiro atoms. The van der Waals surface area contributed by atoms with E-state index in [4.69, 9.17) is 0 Å². The van der Waals surface area contributed by atoms with Crippen molar-refractivity contribution in [3.63, 3.8) is 0 Å². The SMILES string of the molecule is CC(C)(C)c1ccc(C=Cc2ccc(C=Cc3ccc(C(C)(C)C)cc3)c3nsnc23)cc1. The van der Waals surface area contributed by atoms with Crippen molar-refractivity contribution in [2.24, 2.45) is 0 Å². The summed E-state index contributed by atoms with van der Waals surface area (Å²) in [6.07, 6.45) is 8.56. The van der Waals surface area contributed by atoms with Gasteiger partial charge in [0.05, 0.1) is 11.7 Å². The number of nitrogens with zero attached hydrogens (tertiary/aromatic N) is 2. The molecule has 0 aliphatic carbocycles. The third kappa shape index (κ3) is 5.48. The van der Waals surface area contributed by atoms with Crippen molar-refractivity contribution in [3.8, 4) is 0 Å². The van der Waals surface area contributed by atoms with Gasteiger partial charge in [0.2, 0.25) is 0 Å². The number of hydrogen-bond donors (Lipinski definition) is 0. The van der Waals surface area contributed by atoms with Gasteiger partial charge in [-0.25, -0.2) is 0 Å². The van der Waals surface area contributed by atoms with Gasteiger partial charge >= 0.3 is 0 Å². The van der Waals surface area contributed by atoms with E-state index in [1.807, 2.05) is 0 Å². The monoisotopic (exact) mass is 452 g/mol. The molecule has 4 rings (SSSR count). The number of benzene rings is 3. The van der Waals surface area contributed by atoms with E-state index in [1.54, 1.807) is 0 Å². The molecular formula is C30H32N2S. The van der Waals surface area contributed by atoms with Gasteiger partial charge in [-0.3, -0.25) is 0 Å². The first-order valence-corrected chi connectivity index (χ1v) is 12.2. The second-order valence-electron chi connectivity index (χ2n) is 10.6. The summed E-state index contributed by atoms with van der Waals surface area (Å²) in [6.45, 7) is 13.4. The van der Waals surface area contributed by atoms with Crippen LogP contribution in [0, 0.1) is 0 Å². The van der Waals surface area contributed by atoms with E-state index in [1.165, 1.54) is 34.0 Å². The van der Waals surface area contributed by atoms with Crippen LogP contribution in [0.2, 0.25) is 0 Å². The molecule has 3 aromatic carbocycles. The molecule has 0 fully saturated rings. The normalized spacial score (nSPS) is 12.9. The third-order valence-corrected chi connectivity index (χ3v) is 6.47. The van der Waals surface area contributed by atoms with Crippen molar-refractivity contribution >= 4 is 47.1 Å². The third-order valence-electron chi connectivity index (χ3n) is 5.94. The maximum absolute atomic E-state index is 4.58. The first-order chi connectivity index (χ1) is 15.6. The molecular weight excluding hydrogens is 420 g/mol. The van der Waals surface area contributed by atoms with E-state index in [-0.39, 0.29) is 10.8 Å². The molecule has 0 saturated carbocycles. The minimum atomic E-state index is 0.165. The van der Waals surface area contributed by atoms with Crippen LogP contribution in [0.4, 0.5) is 0 Å². The van der Waals surface area contributed by atoms with Gasteiger partial charge in [-0.05, 0) is 33.1 Å². The van der Waals surface area contributed by atoms with Crippen molar-refractivity contribution in [2.75, 3.05) is 0 Å². The van der Waals surface area contributed by atoms with E-state index in [9.17, 15) is 0 Å². The molecule has 1 heterocycles. The van der Waals surface area contributed by atoms with Crippen LogP contribution in [-0.2, 0) is 10.8 Å². The van der Waals surface area contributed by atoms with Crippen LogP contribution in [0.15, 0.2) is 60.7 Å². The van der Waals surface area contributed by atoms with Crippen molar-refractivity contribution in [1.29, 1.82) is 0 Å². The fraction of sp³-hybridized carbons (Fsp3) is 0.267. The lowest BCUT2D eigenvalue weighted by molar-refractivity contribution is 0.590. The maximum Gasteiger partial charge on any atom is 0.112 e. The molecule has 0 unspecified atom stereocenters. The number of rotatable bonds is 4. The smallest absolute Gasteiger partial charge is 0.112 e. The molecule has 0 atom stereocenters. The Morgan fingerprint density at radius 3 is 1.21 bits per heavy atom. The molecule has 0 bridgehead atoms. The molecule has 0 aliphatic heterocycles.